The normalized spacial score (nSPS) is 12.9. The van der Waals surface area contributed by atoms with E-state index in [1.807, 2.05) is 6.20 Å². The molecule has 3 heteroatoms. The zero-order chi connectivity index (χ0) is 9.84. The van der Waals surface area contributed by atoms with Crippen molar-refractivity contribution in [1.82, 2.24) is 4.98 Å². The maximum atomic E-state index is 4.39. The Kier molecular flexibility index (Phi) is 4.39. The van der Waals surface area contributed by atoms with Gasteiger partial charge in [0.1, 0.15) is 0 Å². The maximum Gasteiger partial charge on any atom is 0.0444 e. The van der Waals surface area contributed by atoms with E-state index in [1.54, 1.807) is 0 Å². The molecule has 72 valence electrons. The van der Waals surface area contributed by atoms with E-state index in [1.165, 1.54) is 11.3 Å². The molecule has 1 nitrogen and oxygen atoms in total. The standard InChI is InChI=1S/C10H13Br2N/c1-3-8(11)5-10-7(2)4-9(12)6-13-10/h4,6,8H,3,5H2,1-2H3. The fourth-order valence-corrected chi connectivity index (χ4v) is 1.89. The summed E-state index contributed by atoms with van der Waals surface area (Å²) < 4.78 is 1.05. The molecule has 1 atom stereocenters. The van der Waals surface area contributed by atoms with Gasteiger partial charge >= 0.3 is 0 Å². The fraction of sp³-hybridized carbons (Fsp3) is 0.500. The van der Waals surface area contributed by atoms with Crippen LogP contribution in [0.4, 0.5) is 0 Å². The monoisotopic (exact) mass is 305 g/mol. The zero-order valence-corrected chi connectivity index (χ0v) is 11.0. The number of alkyl halides is 1. The predicted octanol–water partition coefficient (Wildman–Crippen LogP) is 3.87. The third-order valence-corrected chi connectivity index (χ3v) is 3.42. The van der Waals surface area contributed by atoms with Crippen molar-refractivity contribution in [2.24, 2.45) is 0 Å². The molecule has 0 N–H and O–H groups in total. The van der Waals surface area contributed by atoms with Crippen LogP contribution in [-0.2, 0) is 6.42 Å². The van der Waals surface area contributed by atoms with Gasteiger partial charge in [-0.25, -0.2) is 0 Å². The second-order valence-electron chi connectivity index (χ2n) is 3.13. The molecule has 0 aromatic carbocycles. The highest BCUT2D eigenvalue weighted by Gasteiger charge is 2.06. The third-order valence-electron chi connectivity index (χ3n) is 2.01. The summed E-state index contributed by atoms with van der Waals surface area (Å²) in [7, 11) is 0. The van der Waals surface area contributed by atoms with Crippen LogP contribution in [0.2, 0.25) is 0 Å². The molecule has 0 fully saturated rings. The van der Waals surface area contributed by atoms with Gasteiger partial charge in [0.25, 0.3) is 0 Å². The van der Waals surface area contributed by atoms with Crippen LogP contribution in [0.15, 0.2) is 16.7 Å². The first-order valence-corrected chi connectivity index (χ1v) is 6.09. The minimum atomic E-state index is 0.542. The number of halogens is 2. The number of aromatic nitrogens is 1. The van der Waals surface area contributed by atoms with Crippen molar-refractivity contribution in [1.29, 1.82) is 0 Å². The molecule has 13 heavy (non-hydrogen) atoms. The highest BCUT2D eigenvalue weighted by Crippen LogP contribution is 2.17. The van der Waals surface area contributed by atoms with Gasteiger partial charge in [-0.1, -0.05) is 22.9 Å². The summed E-state index contributed by atoms with van der Waals surface area (Å²) in [5.74, 6) is 0. The first-order valence-electron chi connectivity index (χ1n) is 4.38. The summed E-state index contributed by atoms with van der Waals surface area (Å²) in [5, 5.41) is 0. The molecule has 0 saturated heterocycles. The van der Waals surface area contributed by atoms with Crippen molar-refractivity contribution in [3.05, 3.63) is 28.0 Å². The minimum Gasteiger partial charge on any atom is -0.260 e. The Bertz CT molecular complexity index is 286. The molecule has 0 radical (unpaired) electrons. The molecular formula is C10H13Br2N. The Morgan fingerprint density at radius 2 is 2.23 bits per heavy atom. The average molecular weight is 307 g/mol. The summed E-state index contributed by atoms with van der Waals surface area (Å²) in [6.07, 6.45) is 4.00. The lowest BCUT2D eigenvalue weighted by Gasteiger charge is -2.08. The van der Waals surface area contributed by atoms with Crippen LogP contribution in [0.1, 0.15) is 24.6 Å². The maximum absolute atomic E-state index is 4.39. The number of aryl methyl sites for hydroxylation is 1. The van der Waals surface area contributed by atoms with Gasteiger partial charge in [0.2, 0.25) is 0 Å². The topological polar surface area (TPSA) is 12.9 Å². The Morgan fingerprint density at radius 3 is 2.77 bits per heavy atom. The molecule has 1 heterocycles. The lowest BCUT2D eigenvalue weighted by molar-refractivity contribution is 0.802. The molecular weight excluding hydrogens is 294 g/mol. The van der Waals surface area contributed by atoms with Gasteiger partial charge < -0.3 is 0 Å². The van der Waals surface area contributed by atoms with E-state index in [-0.39, 0.29) is 0 Å². The summed E-state index contributed by atoms with van der Waals surface area (Å²) in [6.45, 7) is 4.27. The molecule has 1 aromatic heterocycles. The van der Waals surface area contributed by atoms with Crippen LogP contribution < -0.4 is 0 Å². The Balaban J connectivity index is 2.77. The Morgan fingerprint density at radius 1 is 1.54 bits per heavy atom. The second kappa shape index (κ2) is 5.11. The molecule has 0 amide bonds. The van der Waals surface area contributed by atoms with Crippen molar-refractivity contribution >= 4 is 31.9 Å². The van der Waals surface area contributed by atoms with Crippen molar-refractivity contribution < 1.29 is 0 Å². The van der Waals surface area contributed by atoms with Crippen LogP contribution in [0.5, 0.6) is 0 Å². The van der Waals surface area contributed by atoms with Gasteiger partial charge in [0.05, 0.1) is 0 Å². The van der Waals surface area contributed by atoms with Gasteiger partial charge in [-0.05, 0) is 40.9 Å². The van der Waals surface area contributed by atoms with E-state index in [9.17, 15) is 0 Å². The Hall–Kier alpha value is 0.110. The smallest absolute Gasteiger partial charge is 0.0444 e. The van der Waals surface area contributed by atoms with Gasteiger partial charge in [0, 0.05) is 27.6 Å². The minimum absolute atomic E-state index is 0.542. The molecule has 1 unspecified atom stereocenters. The van der Waals surface area contributed by atoms with E-state index in [2.05, 4.69) is 56.8 Å². The zero-order valence-electron chi connectivity index (χ0n) is 7.85. The number of hydrogen-bond acceptors (Lipinski definition) is 1. The van der Waals surface area contributed by atoms with Gasteiger partial charge in [-0.2, -0.15) is 0 Å². The van der Waals surface area contributed by atoms with Crippen LogP contribution in [0, 0.1) is 6.92 Å². The van der Waals surface area contributed by atoms with Crippen LogP contribution in [0.25, 0.3) is 0 Å². The number of nitrogens with zero attached hydrogens (tertiary/aromatic N) is 1. The first-order chi connectivity index (χ1) is 6.13. The lowest BCUT2D eigenvalue weighted by Crippen LogP contribution is -2.04. The molecule has 0 aliphatic rings. The first kappa shape index (κ1) is 11.2. The average Bonchev–Trinajstić information content (AvgIpc) is 2.09. The fourth-order valence-electron chi connectivity index (χ4n) is 1.14. The van der Waals surface area contributed by atoms with Crippen LogP contribution in [-0.4, -0.2) is 9.81 Å². The number of rotatable bonds is 3. The summed E-state index contributed by atoms with van der Waals surface area (Å²) in [4.78, 5) is 4.93. The summed E-state index contributed by atoms with van der Waals surface area (Å²) in [6, 6.07) is 2.11. The molecule has 0 aliphatic heterocycles. The van der Waals surface area contributed by atoms with E-state index in [0.717, 1.165) is 17.3 Å². The van der Waals surface area contributed by atoms with E-state index < -0.39 is 0 Å². The summed E-state index contributed by atoms with van der Waals surface area (Å²) in [5.41, 5.74) is 2.44. The predicted molar refractivity (Wildman–Crippen MR) is 63.4 cm³/mol. The summed E-state index contributed by atoms with van der Waals surface area (Å²) >= 11 is 7.02. The molecule has 0 bridgehead atoms. The van der Waals surface area contributed by atoms with Gasteiger partial charge in [-0.15, -0.1) is 0 Å². The molecule has 0 saturated carbocycles. The Labute approximate surface area is 96.2 Å². The second-order valence-corrected chi connectivity index (χ2v) is 5.34. The van der Waals surface area contributed by atoms with E-state index in [4.69, 9.17) is 0 Å². The van der Waals surface area contributed by atoms with Crippen molar-refractivity contribution in [2.75, 3.05) is 0 Å². The number of hydrogen-bond donors (Lipinski definition) is 0. The molecule has 1 aromatic rings. The molecule has 0 aliphatic carbocycles. The third kappa shape index (κ3) is 3.39. The van der Waals surface area contributed by atoms with Gasteiger partial charge in [-0.3, -0.25) is 4.98 Å². The van der Waals surface area contributed by atoms with Gasteiger partial charge in [0.15, 0.2) is 0 Å². The van der Waals surface area contributed by atoms with Crippen molar-refractivity contribution in [2.45, 2.75) is 31.5 Å². The highest BCUT2D eigenvalue weighted by molar-refractivity contribution is 9.10. The lowest BCUT2D eigenvalue weighted by atomic mass is 10.1. The van der Waals surface area contributed by atoms with Crippen LogP contribution in [0.3, 0.4) is 0 Å². The largest absolute Gasteiger partial charge is 0.260 e. The number of pyridine rings is 1. The highest BCUT2D eigenvalue weighted by atomic mass is 79.9. The van der Waals surface area contributed by atoms with Crippen molar-refractivity contribution in [3.63, 3.8) is 0 Å². The van der Waals surface area contributed by atoms with Crippen LogP contribution >= 0.6 is 31.9 Å². The quantitative estimate of drug-likeness (QED) is 0.773. The molecule has 0 spiro atoms. The van der Waals surface area contributed by atoms with E-state index >= 15 is 0 Å². The van der Waals surface area contributed by atoms with Crippen molar-refractivity contribution in [3.8, 4) is 0 Å². The molecule has 1 rings (SSSR count). The van der Waals surface area contributed by atoms with E-state index in [0.29, 0.717) is 4.83 Å². The SMILES string of the molecule is CCC(Br)Cc1ncc(Br)cc1C.